The van der Waals surface area contributed by atoms with Crippen LogP contribution in [0.15, 0.2) is 18.2 Å². The Kier molecular flexibility index (Phi) is 3.77. The zero-order valence-corrected chi connectivity index (χ0v) is 10.7. The van der Waals surface area contributed by atoms with E-state index in [-0.39, 0.29) is 16.7 Å². The van der Waals surface area contributed by atoms with Crippen LogP contribution < -0.4 is 10.5 Å². The normalized spacial score (nSPS) is 12.6. The summed E-state index contributed by atoms with van der Waals surface area (Å²) in [6.45, 7) is 5.19. The summed E-state index contributed by atoms with van der Waals surface area (Å²) in [5.74, 6) is -2.89. The lowest BCUT2D eigenvalue weighted by atomic mass is 9.85. The zero-order valence-electron chi connectivity index (χ0n) is 10.7. The van der Waals surface area contributed by atoms with Gasteiger partial charge >= 0.3 is 0 Å². The number of ether oxygens (including phenoxy) is 1. The van der Waals surface area contributed by atoms with Crippen molar-refractivity contribution in [3.8, 4) is 5.75 Å². The molecular formula is C13H19F2NO. The molecule has 0 aliphatic heterocycles. The minimum Gasteiger partial charge on any atom is -0.496 e. The molecule has 0 unspecified atom stereocenters. The predicted molar refractivity (Wildman–Crippen MR) is 64.6 cm³/mol. The fourth-order valence-corrected chi connectivity index (χ4v) is 1.57. The van der Waals surface area contributed by atoms with Crippen LogP contribution >= 0.6 is 0 Å². The van der Waals surface area contributed by atoms with Crippen LogP contribution in [-0.2, 0) is 11.3 Å². The van der Waals surface area contributed by atoms with Gasteiger partial charge in [0.1, 0.15) is 5.75 Å². The summed E-state index contributed by atoms with van der Waals surface area (Å²) in [6.07, 6.45) is 0. The number of halogens is 2. The Bertz CT molecular complexity index is 397. The van der Waals surface area contributed by atoms with Crippen molar-refractivity contribution in [1.82, 2.24) is 0 Å². The first-order valence-corrected chi connectivity index (χ1v) is 5.49. The molecular weight excluding hydrogens is 224 g/mol. The maximum Gasteiger partial charge on any atom is 0.288 e. The van der Waals surface area contributed by atoms with E-state index in [1.54, 1.807) is 12.1 Å². The molecule has 2 N–H and O–H groups in total. The summed E-state index contributed by atoms with van der Waals surface area (Å²) in [7, 11) is 1.38. The van der Waals surface area contributed by atoms with Crippen molar-refractivity contribution < 1.29 is 13.5 Å². The zero-order chi connectivity index (χ0) is 13.3. The first-order valence-electron chi connectivity index (χ1n) is 5.49. The third kappa shape index (κ3) is 2.94. The number of benzene rings is 1. The van der Waals surface area contributed by atoms with Crippen molar-refractivity contribution in [2.45, 2.75) is 32.1 Å². The van der Waals surface area contributed by atoms with Crippen LogP contribution in [0.25, 0.3) is 0 Å². The molecule has 0 fully saturated rings. The Hall–Kier alpha value is -1.16. The van der Waals surface area contributed by atoms with Gasteiger partial charge in [-0.2, -0.15) is 8.78 Å². The third-order valence-electron chi connectivity index (χ3n) is 2.72. The number of rotatable bonds is 3. The van der Waals surface area contributed by atoms with Crippen molar-refractivity contribution in [2.24, 2.45) is 5.73 Å². The van der Waals surface area contributed by atoms with Crippen LogP contribution in [0, 0.1) is 0 Å². The summed E-state index contributed by atoms with van der Waals surface area (Å²) < 4.78 is 32.4. The van der Waals surface area contributed by atoms with E-state index in [0.29, 0.717) is 0 Å². The lowest BCUT2D eigenvalue weighted by Crippen LogP contribution is -2.26. The summed E-state index contributed by atoms with van der Waals surface area (Å²) in [4.78, 5) is 0. The van der Waals surface area contributed by atoms with Crippen molar-refractivity contribution >= 4 is 0 Å². The van der Waals surface area contributed by atoms with Gasteiger partial charge in [-0.3, -0.25) is 0 Å². The Morgan fingerprint density at radius 1 is 1.24 bits per heavy atom. The topological polar surface area (TPSA) is 35.2 Å². The molecule has 0 aromatic heterocycles. The van der Waals surface area contributed by atoms with Gasteiger partial charge in [0.05, 0.1) is 19.2 Å². The van der Waals surface area contributed by atoms with Gasteiger partial charge < -0.3 is 10.5 Å². The van der Waals surface area contributed by atoms with Crippen molar-refractivity contribution in [3.05, 3.63) is 29.3 Å². The highest BCUT2D eigenvalue weighted by Crippen LogP contribution is 2.37. The van der Waals surface area contributed by atoms with Crippen LogP contribution in [0.2, 0.25) is 0 Å². The highest BCUT2D eigenvalue weighted by atomic mass is 19.3. The highest BCUT2D eigenvalue weighted by Gasteiger charge is 2.34. The molecule has 0 saturated heterocycles. The second-order valence-electron chi connectivity index (χ2n) is 5.07. The van der Waals surface area contributed by atoms with Gasteiger partial charge in [0.15, 0.2) is 0 Å². The Labute approximate surface area is 101 Å². The van der Waals surface area contributed by atoms with Crippen molar-refractivity contribution in [2.75, 3.05) is 13.7 Å². The van der Waals surface area contributed by atoms with E-state index in [9.17, 15) is 8.78 Å². The number of hydrogen-bond donors (Lipinski definition) is 1. The molecule has 2 nitrogen and oxygen atoms in total. The molecule has 0 aliphatic carbocycles. The Morgan fingerprint density at radius 2 is 1.82 bits per heavy atom. The van der Waals surface area contributed by atoms with Gasteiger partial charge in [-0.25, -0.2) is 0 Å². The van der Waals surface area contributed by atoms with Crippen molar-refractivity contribution in [1.29, 1.82) is 0 Å². The van der Waals surface area contributed by atoms with Crippen LogP contribution in [0.4, 0.5) is 8.78 Å². The minimum atomic E-state index is -3.06. The quantitative estimate of drug-likeness (QED) is 0.885. The summed E-state index contributed by atoms with van der Waals surface area (Å²) >= 11 is 0. The maximum atomic E-state index is 13.7. The van der Waals surface area contributed by atoms with Crippen LogP contribution in [0.5, 0.6) is 5.75 Å². The minimum absolute atomic E-state index is 0.144. The fourth-order valence-electron chi connectivity index (χ4n) is 1.57. The molecule has 1 rings (SSSR count). The highest BCUT2D eigenvalue weighted by molar-refractivity contribution is 5.42. The van der Waals surface area contributed by atoms with E-state index in [2.05, 4.69) is 0 Å². The number of hydrogen-bond acceptors (Lipinski definition) is 2. The molecule has 0 saturated carbocycles. The molecule has 0 atom stereocenters. The van der Waals surface area contributed by atoms with E-state index in [1.807, 2.05) is 20.8 Å². The number of alkyl halides is 2. The third-order valence-corrected chi connectivity index (χ3v) is 2.72. The van der Waals surface area contributed by atoms with Gasteiger partial charge in [0.2, 0.25) is 0 Å². The summed E-state index contributed by atoms with van der Waals surface area (Å²) in [6, 6.07) is 4.85. The molecule has 1 aromatic carbocycles. The van der Waals surface area contributed by atoms with Gasteiger partial charge in [-0.15, -0.1) is 0 Å². The molecule has 0 bridgehead atoms. The second kappa shape index (κ2) is 4.61. The van der Waals surface area contributed by atoms with Crippen LogP contribution in [-0.4, -0.2) is 13.7 Å². The van der Waals surface area contributed by atoms with E-state index < -0.39 is 12.5 Å². The molecule has 0 aliphatic rings. The first kappa shape index (κ1) is 13.9. The molecule has 17 heavy (non-hydrogen) atoms. The average Bonchev–Trinajstić information content (AvgIpc) is 2.27. The van der Waals surface area contributed by atoms with E-state index in [0.717, 1.165) is 5.56 Å². The van der Waals surface area contributed by atoms with Crippen LogP contribution in [0.3, 0.4) is 0 Å². The molecule has 0 amide bonds. The summed E-state index contributed by atoms with van der Waals surface area (Å²) in [5, 5.41) is 0. The van der Waals surface area contributed by atoms with Gasteiger partial charge in [-0.1, -0.05) is 26.8 Å². The largest absolute Gasteiger partial charge is 0.496 e. The lowest BCUT2D eigenvalue weighted by Gasteiger charge is -2.23. The predicted octanol–water partition coefficient (Wildman–Crippen LogP) is 3.04. The van der Waals surface area contributed by atoms with Gasteiger partial charge in [-0.05, 0) is 23.1 Å². The monoisotopic (exact) mass is 243 g/mol. The van der Waals surface area contributed by atoms with Crippen LogP contribution in [0.1, 0.15) is 31.9 Å². The van der Waals surface area contributed by atoms with E-state index >= 15 is 0 Å². The standard InChI is InChI=1S/C13H19F2NO/c1-12(2,3)9-5-6-11(17-4)10(7-9)13(14,15)8-16/h5-7H,8,16H2,1-4H3. The fraction of sp³-hybridized carbons (Fsp3) is 0.538. The molecule has 0 radical (unpaired) electrons. The molecule has 96 valence electrons. The number of nitrogens with two attached hydrogens (primary N) is 1. The smallest absolute Gasteiger partial charge is 0.288 e. The lowest BCUT2D eigenvalue weighted by molar-refractivity contribution is 0.00357. The van der Waals surface area contributed by atoms with Crippen molar-refractivity contribution in [3.63, 3.8) is 0 Å². The maximum absolute atomic E-state index is 13.7. The van der Waals surface area contributed by atoms with Gasteiger partial charge in [0, 0.05) is 0 Å². The Morgan fingerprint density at radius 3 is 2.24 bits per heavy atom. The SMILES string of the molecule is COc1ccc(C(C)(C)C)cc1C(F)(F)CN. The molecule has 0 spiro atoms. The van der Waals surface area contributed by atoms with E-state index in [1.165, 1.54) is 13.2 Å². The first-order chi connectivity index (χ1) is 7.72. The number of methoxy groups -OCH3 is 1. The van der Waals surface area contributed by atoms with E-state index in [4.69, 9.17) is 10.5 Å². The Balaban J connectivity index is 3.35. The molecule has 1 aromatic rings. The average molecular weight is 243 g/mol. The van der Waals surface area contributed by atoms with Gasteiger partial charge in [0.25, 0.3) is 5.92 Å². The molecule has 0 heterocycles. The second-order valence-corrected chi connectivity index (χ2v) is 5.07. The molecule has 4 heteroatoms. The summed E-state index contributed by atoms with van der Waals surface area (Å²) in [5.41, 5.74) is 5.62.